The quantitative estimate of drug-likeness (QED) is 0.0814. The van der Waals surface area contributed by atoms with Gasteiger partial charge in [-0.3, -0.25) is 14.4 Å². The Bertz CT molecular complexity index is 500. The molecule has 194 valence electrons. The van der Waals surface area contributed by atoms with Gasteiger partial charge in [0.05, 0.1) is 6.61 Å². The number of ether oxygens (including phenoxy) is 1. The Balaban J connectivity index is 4.39. The number of esters is 1. The summed E-state index contributed by atoms with van der Waals surface area (Å²) in [6.07, 6.45) is 19.7. The third-order valence-electron chi connectivity index (χ3n) is 6.69. The van der Waals surface area contributed by atoms with Crippen molar-refractivity contribution in [3.05, 3.63) is 0 Å². The molecule has 4 heteroatoms. The number of carbonyl (C=O) groups excluding carboxylic acids is 3. The van der Waals surface area contributed by atoms with E-state index >= 15 is 0 Å². The molecule has 0 aliphatic rings. The van der Waals surface area contributed by atoms with E-state index in [1.807, 2.05) is 6.92 Å². The smallest absolute Gasteiger partial charge is 0.324 e. The highest BCUT2D eigenvalue weighted by atomic mass is 16.5. The molecule has 0 heterocycles. The molecule has 0 N–H and O–H groups in total. The molecule has 0 rings (SSSR count). The molecule has 0 saturated heterocycles. The second-order valence-corrected chi connectivity index (χ2v) is 9.80. The molecule has 4 nitrogen and oxygen atoms in total. The molecule has 33 heavy (non-hydrogen) atoms. The van der Waals surface area contributed by atoms with Gasteiger partial charge in [-0.25, -0.2) is 0 Å². The van der Waals surface area contributed by atoms with Crippen LogP contribution in [0.1, 0.15) is 150 Å². The fraction of sp³-hybridized carbons (Fsp3) is 0.897. The van der Waals surface area contributed by atoms with Crippen molar-refractivity contribution in [2.24, 2.45) is 11.8 Å². The zero-order chi connectivity index (χ0) is 24.7. The summed E-state index contributed by atoms with van der Waals surface area (Å²) < 4.78 is 5.50. The summed E-state index contributed by atoms with van der Waals surface area (Å²) in [7, 11) is 0. The number of carbonyl (C=O) groups is 3. The lowest BCUT2D eigenvalue weighted by atomic mass is 9.92. The van der Waals surface area contributed by atoms with E-state index in [0.717, 1.165) is 51.4 Å². The number of hydrogen-bond acceptors (Lipinski definition) is 4. The van der Waals surface area contributed by atoms with E-state index in [-0.39, 0.29) is 18.0 Å². The normalized spacial score (nSPS) is 13.0. The number of unbranched alkanes of at least 4 members (excludes halogenated alkanes) is 12. The van der Waals surface area contributed by atoms with Gasteiger partial charge in [-0.2, -0.15) is 0 Å². The zero-order valence-corrected chi connectivity index (χ0v) is 22.4. The summed E-state index contributed by atoms with van der Waals surface area (Å²) in [5, 5.41) is 0. The summed E-state index contributed by atoms with van der Waals surface area (Å²) >= 11 is 0. The van der Waals surface area contributed by atoms with Crippen LogP contribution in [0.3, 0.4) is 0 Å². The van der Waals surface area contributed by atoms with Crippen molar-refractivity contribution in [2.45, 2.75) is 150 Å². The molecule has 0 fully saturated rings. The van der Waals surface area contributed by atoms with Gasteiger partial charge in [-0.15, -0.1) is 0 Å². The maximum atomic E-state index is 12.8. The van der Waals surface area contributed by atoms with Gasteiger partial charge in [0.25, 0.3) is 0 Å². The summed E-state index contributed by atoms with van der Waals surface area (Å²) in [6.45, 7) is 8.81. The fourth-order valence-corrected chi connectivity index (χ4v) is 4.23. The van der Waals surface area contributed by atoms with Crippen LogP contribution in [0, 0.1) is 11.8 Å². The molecule has 0 bridgehead atoms. The van der Waals surface area contributed by atoms with Crippen LogP contribution >= 0.6 is 0 Å². The summed E-state index contributed by atoms with van der Waals surface area (Å²) in [4.78, 5) is 38.2. The summed E-state index contributed by atoms with van der Waals surface area (Å²) in [5.41, 5.74) is 0. The van der Waals surface area contributed by atoms with Crippen molar-refractivity contribution in [2.75, 3.05) is 6.61 Å². The van der Waals surface area contributed by atoms with Gasteiger partial charge >= 0.3 is 5.97 Å². The fourth-order valence-electron chi connectivity index (χ4n) is 4.23. The van der Waals surface area contributed by atoms with Gasteiger partial charge < -0.3 is 4.74 Å². The van der Waals surface area contributed by atoms with Gasteiger partial charge in [-0.05, 0) is 25.2 Å². The third-order valence-corrected chi connectivity index (χ3v) is 6.69. The van der Waals surface area contributed by atoms with E-state index in [1.54, 1.807) is 0 Å². The van der Waals surface area contributed by atoms with Crippen LogP contribution in [0.5, 0.6) is 0 Å². The SMILES string of the molecule is CCCCCCCCCCCCCC(=O)C(C(=O)CCCC)C(=O)OCC(CC)CCCC. The molecular weight excluding hydrogens is 412 g/mol. The lowest BCUT2D eigenvalue weighted by Crippen LogP contribution is -2.34. The molecule has 0 aromatic heterocycles. The molecule has 0 saturated carbocycles. The van der Waals surface area contributed by atoms with Crippen LogP contribution in [-0.4, -0.2) is 24.1 Å². The van der Waals surface area contributed by atoms with Crippen molar-refractivity contribution in [3.8, 4) is 0 Å². The molecule has 0 amide bonds. The minimum Gasteiger partial charge on any atom is -0.465 e. The summed E-state index contributed by atoms with van der Waals surface area (Å²) in [6, 6.07) is 0. The standard InChI is InChI=1S/C29H54O4/c1-5-9-12-13-14-15-16-17-18-19-20-23-27(31)28(26(30)22-11-7-3)29(32)33-24-25(8-4)21-10-6-2/h25,28H,5-24H2,1-4H3. The van der Waals surface area contributed by atoms with Gasteiger partial charge in [0.2, 0.25) is 0 Å². The van der Waals surface area contributed by atoms with E-state index in [0.29, 0.717) is 25.4 Å². The van der Waals surface area contributed by atoms with Crippen molar-refractivity contribution in [1.82, 2.24) is 0 Å². The first-order chi connectivity index (χ1) is 16.0. The maximum absolute atomic E-state index is 12.8. The zero-order valence-electron chi connectivity index (χ0n) is 22.4. The van der Waals surface area contributed by atoms with Gasteiger partial charge in [-0.1, -0.05) is 118 Å². The number of ketones is 2. The van der Waals surface area contributed by atoms with E-state index in [4.69, 9.17) is 4.74 Å². The van der Waals surface area contributed by atoms with E-state index in [9.17, 15) is 14.4 Å². The minimum atomic E-state index is -1.21. The van der Waals surface area contributed by atoms with Crippen LogP contribution in [0.15, 0.2) is 0 Å². The van der Waals surface area contributed by atoms with Crippen molar-refractivity contribution >= 4 is 17.5 Å². The highest BCUT2D eigenvalue weighted by molar-refractivity contribution is 6.17. The largest absolute Gasteiger partial charge is 0.465 e. The number of hydrogen-bond donors (Lipinski definition) is 0. The van der Waals surface area contributed by atoms with Crippen molar-refractivity contribution in [1.29, 1.82) is 0 Å². The third kappa shape index (κ3) is 17.0. The Morgan fingerprint density at radius 1 is 0.576 bits per heavy atom. The van der Waals surface area contributed by atoms with Gasteiger partial charge in [0.15, 0.2) is 17.5 Å². The minimum absolute atomic E-state index is 0.237. The Morgan fingerprint density at radius 3 is 1.52 bits per heavy atom. The van der Waals surface area contributed by atoms with E-state index in [2.05, 4.69) is 20.8 Å². The Morgan fingerprint density at radius 2 is 1.03 bits per heavy atom. The molecule has 0 aliphatic heterocycles. The molecule has 0 aromatic rings. The van der Waals surface area contributed by atoms with Crippen molar-refractivity contribution < 1.29 is 19.1 Å². The lowest BCUT2D eigenvalue weighted by Gasteiger charge is -2.18. The van der Waals surface area contributed by atoms with E-state index < -0.39 is 11.9 Å². The highest BCUT2D eigenvalue weighted by Gasteiger charge is 2.34. The first-order valence-electron chi connectivity index (χ1n) is 14.2. The van der Waals surface area contributed by atoms with Crippen LogP contribution in [0.4, 0.5) is 0 Å². The lowest BCUT2D eigenvalue weighted by molar-refractivity contribution is -0.156. The molecule has 2 unspecified atom stereocenters. The van der Waals surface area contributed by atoms with Gasteiger partial charge in [0.1, 0.15) is 0 Å². The molecule has 0 aliphatic carbocycles. The topological polar surface area (TPSA) is 60.4 Å². The average molecular weight is 467 g/mol. The maximum Gasteiger partial charge on any atom is 0.324 e. The predicted molar refractivity (Wildman–Crippen MR) is 138 cm³/mol. The Labute approximate surface area is 205 Å². The highest BCUT2D eigenvalue weighted by Crippen LogP contribution is 2.18. The van der Waals surface area contributed by atoms with E-state index in [1.165, 1.54) is 51.4 Å². The van der Waals surface area contributed by atoms with Crippen LogP contribution < -0.4 is 0 Å². The Hall–Kier alpha value is -1.19. The molecule has 0 radical (unpaired) electrons. The number of rotatable bonds is 24. The monoisotopic (exact) mass is 466 g/mol. The first-order valence-corrected chi connectivity index (χ1v) is 14.2. The average Bonchev–Trinajstić information content (AvgIpc) is 2.81. The second kappa shape index (κ2) is 22.6. The van der Waals surface area contributed by atoms with Crippen LogP contribution in [0.25, 0.3) is 0 Å². The molecule has 0 aromatic carbocycles. The number of Topliss-reactive ketones (excluding diaryl/α,β-unsaturated/α-hetero) is 2. The predicted octanol–water partition coefficient (Wildman–Crippen LogP) is 8.39. The molecule has 0 spiro atoms. The van der Waals surface area contributed by atoms with Crippen molar-refractivity contribution in [3.63, 3.8) is 0 Å². The molecular formula is C29H54O4. The Kier molecular flexibility index (Phi) is 21.8. The van der Waals surface area contributed by atoms with Crippen LogP contribution in [0.2, 0.25) is 0 Å². The molecule has 2 atom stereocenters. The first kappa shape index (κ1) is 31.8. The second-order valence-electron chi connectivity index (χ2n) is 9.80. The van der Waals surface area contributed by atoms with Crippen LogP contribution in [-0.2, 0) is 19.1 Å². The van der Waals surface area contributed by atoms with Gasteiger partial charge in [0, 0.05) is 12.8 Å². The summed E-state index contributed by atoms with van der Waals surface area (Å²) in [5.74, 6) is -2.00.